The topological polar surface area (TPSA) is 35.5 Å². The highest BCUT2D eigenvalue weighted by Gasteiger charge is 2.19. The summed E-state index contributed by atoms with van der Waals surface area (Å²) < 4.78 is 10.6. The summed E-state index contributed by atoms with van der Waals surface area (Å²) in [6.07, 6.45) is 1.26. The Kier molecular flexibility index (Phi) is 6.44. The van der Waals surface area contributed by atoms with E-state index in [1.165, 1.54) is 0 Å². The average Bonchev–Trinajstić information content (AvgIpc) is 2.43. The number of esters is 1. The lowest BCUT2D eigenvalue weighted by atomic mass is 10.1. The molecule has 3 heteroatoms. The fraction of sp³-hybridized carbons (Fsp3) is 0.533. The van der Waals surface area contributed by atoms with Crippen LogP contribution in [-0.2, 0) is 14.3 Å². The first kappa shape index (κ1) is 14.7. The van der Waals surface area contributed by atoms with Crippen molar-refractivity contribution in [1.29, 1.82) is 0 Å². The van der Waals surface area contributed by atoms with E-state index in [2.05, 4.69) is 0 Å². The summed E-state index contributed by atoms with van der Waals surface area (Å²) in [4.78, 5) is 11.9. The second-order valence-corrected chi connectivity index (χ2v) is 4.43. The van der Waals surface area contributed by atoms with E-state index in [9.17, 15) is 4.79 Å². The molecule has 0 aliphatic heterocycles. The molecule has 2 atom stereocenters. The van der Waals surface area contributed by atoms with Crippen LogP contribution in [0.3, 0.4) is 0 Å². The molecule has 1 rings (SSSR count). The number of methoxy groups -OCH3 is 1. The highest BCUT2D eigenvalue weighted by molar-refractivity contribution is 5.72. The quantitative estimate of drug-likeness (QED) is 0.696. The summed E-state index contributed by atoms with van der Waals surface area (Å²) in [7, 11) is 1.65. The zero-order chi connectivity index (χ0) is 13.4. The highest BCUT2D eigenvalue weighted by atomic mass is 16.5. The molecule has 0 heterocycles. The number of ether oxygens (including phenoxy) is 2. The molecule has 0 aliphatic rings. The van der Waals surface area contributed by atoms with Gasteiger partial charge >= 0.3 is 5.97 Å². The molecular weight excluding hydrogens is 228 g/mol. The summed E-state index contributed by atoms with van der Waals surface area (Å²) in [5.41, 5.74) is 1.02. The Morgan fingerprint density at radius 2 is 1.94 bits per heavy atom. The van der Waals surface area contributed by atoms with Gasteiger partial charge in [0, 0.05) is 13.5 Å². The minimum Gasteiger partial charge on any atom is -0.457 e. The lowest BCUT2D eigenvalue weighted by Crippen LogP contribution is -2.18. The summed E-state index contributed by atoms with van der Waals surface area (Å²) in [6, 6.07) is 9.81. The van der Waals surface area contributed by atoms with Crippen LogP contribution < -0.4 is 0 Å². The summed E-state index contributed by atoms with van der Waals surface area (Å²) in [5, 5.41) is 0. The Bertz CT molecular complexity index is 348. The van der Waals surface area contributed by atoms with Crippen LogP contribution in [0.25, 0.3) is 0 Å². The minimum atomic E-state index is -0.215. The second-order valence-electron chi connectivity index (χ2n) is 4.43. The van der Waals surface area contributed by atoms with E-state index in [-0.39, 0.29) is 18.0 Å². The van der Waals surface area contributed by atoms with E-state index < -0.39 is 0 Å². The zero-order valence-corrected chi connectivity index (χ0v) is 11.4. The van der Waals surface area contributed by atoms with E-state index in [1.807, 2.05) is 44.2 Å². The van der Waals surface area contributed by atoms with Crippen LogP contribution in [0.4, 0.5) is 0 Å². The molecule has 0 saturated carbocycles. The number of benzene rings is 1. The molecule has 100 valence electrons. The average molecular weight is 250 g/mol. The molecule has 18 heavy (non-hydrogen) atoms. The van der Waals surface area contributed by atoms with Crippen molar-refractivity contribution in [2.24, 2.45) is 5.92 Å². The van der Waals surface area contributed by atoms with Gasteiger partial charge in [-0.2, -0.15) is 0 Å². The van der Waals surface area contributed by atoms with Crippen molar-refractivity contribution in [3.63, 3.8) is 0 Å². The molecule has 1 aromatic rings. The third-order valence-electron chi connectivity index (χ3n) is 3.03. The van der Waals surface area contributed by atoms with Gasteiger partial charge in [-0.3, -0.25) is 4.79 Å². The van der Waals surface area contributed by atoms with Crippen molar-refractivity contribution in [2.75, 3.05) is 13.7 Å². The van der Waals surface area contributed by atoms with E-state index >= 15 is 0 Å². The van der Waals surface area contributed by atoms with Gasteiger partial charge in [-0.1, -0.05) is 44.2 Å². The van der Waals surface area contributed by atoms with Crippen LogP contribution in [0.5, 0.6) is 0 Å². The molecule has 3 nitrogen and oxygen atoms in total. The van der Waals surface area contributed by atoms with Gasteiger partial charge in [0.15, 0.2) is 0 Å². The minimum absolute atomic E-state index is 0.0567. The first-order valence-electron chi connectivity index (χ1n) is 6.43. The lowest BCUT2D eigenvalue weighted by molar-refractivity contribution is -0.154. The first-order chi connectivity index (χ1) is 8.69. The molecule has 2 unspecified atom stereocenters. The molecule has 0 bridgehead atoms. The van der Waals surface area contributed by atoms with Crippen LogP contribution in [0.15, 0.2) is 30.3 Å². The lowest BCUT2D eigenvalue weighted by Gasteiger charge is -2.20. The predicted octanol–water partition coefficient (Wildman–Crippen LogP) is 3.35. The van der Waals surface area contributed by atoms with Crippen LogP contribution >= 0.6 is 0 Å². The van der Waals surface area contributed by atoms with Crippen molar-refractivity contribution < 1.29 is 14.3 Å². The Morgan fingerprint density at radius 1 is 1.28 bits per heavy atom. The maximum atomic E-state index is 11.9. The summed E-state index contributed by atoms with van der Waals surface area (Å²) >= 11 is 0. The largest absolute Gasteiger partial charge is 0.457 e. The second kappa shape index (κ2) is 7.88. The number of carbonyl (C=O) groups excluding carboxylic acids is 1. The van der Waals surface area contributed by atoms with Gasteiger partial charge in [0.05, 0.1) is 12.5 Å². The van der Waals surface area contributed by atoms with E-state index in [4.69, 9.17) is 9.47 Å². The maximum Gasteiger partial charge on any atom is 0.309 e. The summed E-state index contributed by atoms with van der Waals surface area (Å²) in [5.74, 6) is -0.193. The van der Waals surface area contributed by atoms with E-state index in [1.54, 1.807) is 7.11 Å². The first-order valence-corrected chi connectivity index (χ1v) is 6.43. The SMILES string of the molecule is CCC(C)C(=O)OC(CCOC)c1ccccc1. The fourth-order valence-corrected chi connectivity index (χ4v) is 1.61. The highest BCUT2D eigenvalue weighted by Crippen LogP contribution is 2.23. The van der Waals surface area contributed by atoms with Gasteiger partial charge in [0.1, 0.15) is 6.10 Å². The summed E-state index contributed by atoms with van der Waals surface area (Å²) in [6.45, 7) is 4.45. The molecule has 0 fully saturated rings. The predicted molar refractivity (Wildman–Crippen MR) is 71.2 cm³/mol. The van der Waals surface area contributed by atoms with Crippen molar-refractivity contribution in [1.82, 2.24) is 0 Å². The molecule has 0 N–H and O–H groups in total. The van der Waals surface area contributed by atoms with Crippen molar-refractivity contribution >= 4 is 5.97 Å². The molecule has 1 aromatic carbocycles. The van der Waals surface area contributed by atoms with Crippen molar-refractivity contribution in [3.05, 3.63) is 35.9 Å². The maximum absolute atomic E-state index is 11.9. The van der Waals surface area contributed by atoms with Crippen LogP contribution in [0, 0.1) is 5.92 Å². The van der Waals surface area contributed by atoms with Crippen LogP contribution in [-0.4, -0.2) is 19.7 Å². The van der Waals surface area contributed by atoms with Gasteiger partial charge in [-0.25, -0.2) is 0 Å². The fourth-order valence-electron chi connectivity index (χ4n) is 1.61. The van der Waals surface area contributed by atoms with E-state index in [0.717, 1.165) is 12.0 Å². The third kappa shape index (κ3) is 4.49. The van der Waals surface area contributed by atoms with Crippen LogP contribution in [0.2, 0.25) is 0 Å². The smallest absolute Gasteiger partial charge is 0.309 e. The molecular formula is C15H22O3. The normalized spacial score (nSPS) is 13.9. The molecule has 0 radical (unpaired) electrons. The number of hydrogen-bond donors (Lipinski definition) is 0. The van der Waals surface area contributed by atoms with Crippen molar-refractivity contribution in [2.45, 2.75) is 32.8 Å². The van der Waals surface area contributed by atoms with Gasteiger partial charge in [0.2, 0.25) is 0 Å². The Balaban J connectivity index is 2.70. The van der Waals surface area contributed by atoms with E-state index in [0.29, 0.717) is 13.0 Å². The van der Waals surface area contributed by atoms with Crippen LogP contribution in [0.1, 0.15) is 38.4 Å². The Labute approximate surface area is 109 Å². The monoisotopic (exact) mass is 250 g/mol. The van der Waals surface area contributed by atoms with Crippen molar-refractivity contribution in [3.8, 4) is 0 Å². The number of hydrogen-bond acceptors (Lipinski definition) is 3. The molecule has 0 saturated heterocycles. The van der Waals surface area contributed by atoms with Gasteiger partial charge < -0.3 is 9.47 Å². The number of rotatable bonds is 7. The van der Waals surface area contributed by atoms with Gasteiger partial charge in [0.25, 0.3) is 0 Å². The zero-order valence-electron chi connectivity index (χ0n) is 11.4. The molecule has 0 spiro atoms. The number of carbonyl (C=O) groups is 1. The standard InChI is InChI=1S/C15H22O3/c1-4-12(2)15(16)18-14(10-11-17-3)13-8-6-5-7-9-13/h5-9,12,14H,4,10-11H2,1-3H3. The van der Waals surface area contributed by atoms with Gasteiger partial charge in [-0.15, -0.1) is 0 Å². The molecule has 0 aromatic heterocycles. The Morgan fingerprint density at radius 3 is 2.50 bits per heavy atom. The molecule has 0 aliphatic carbocycles. The third-order valence-corrected chi connectivity index (χ3v) is 3.03. The Hall–Kier alpha value is -1.35. The molecule has 0 amide bonds. The van der Waals surface area contributed by atoms with Gasteiger partial charge in [-0.05, 0) is 12.0 Å².